The number of nitriles is 2. The van der Waals surface area contributed by atoms with Crippen molar-refractivity contribution in [3.05, 3.63) is 29.3 Å². The zero-order valence-electron chi connectivity index (χ0n) is 10.4. The molecular weight excluding hydrogens is 244 g/mol. The highest BCUT2D eigenvalue weighted by Gasteiger charge is 2.10. The Morgan fingerprint density at radius 1 is 1.22 bits per heavy atom. The van der Waals surface area contributed by atoms with Crippen molar-refractivity contribution >= 4 is 11.8 Å². The van der Waals surface area contributed by atoms with Gasteiger partial charge in [-0.05, 0) is 31.0 Å². The van der Waals surface area contributed by atoms with Crippen molar-refractivity contribution < 1.29 is 5.11 Å². The predicted molar refractivity (Wildman–Crippen MR) is 72.1 cm³/mol. The first-order chi connectivity index (χ1) is 8.74. The van der Waals surface area contributed by atoms with E-state index in [0.29, 0.717) is 16.4 Å². The van der Waals surface area contributed by atoms with E-state index in [1.165, 1.54) is 0 Å². The Labute approximate surface area is 112 Å². The minimum Gasteiger partial charge on any atom is -0.396 e. The molecule has 0 saturated heterocycles. The van der Waals surface area contributed by atoms with E-state index in [1.807, 2.05) is 18.2 Å². The van der Waals surface area contributed by atoms with Crippen molar-refractivity contribution in [2.75, 3.05) is 6.61 Å². The third-order valence-corrected chi connectivity index (χ3v) is 3.93. The van der Waals surface area contributed by atoms with E-state index in [1.54, 1.807) is 23.9 Å². The van der Waals surface area contributed by atoms with Gasteiger partial charge in [0.2, 0.25) is 0 Å². The van der Waals surface area contributed by atoms with Crippen molar-refractivity contribution in [3.63, 3.8) is 0 Å². The van der Waals surface area contributed by atoms with Crippen LogP contribution in [0.4, 0.5) is 0 Å². The molecule has 3 nitrogen and oxygen atoms in total. The van der Waals surface area contributed by atoms with Gasteiger partial charge in [-0.25, -0.2) is 0 Å². The highest BCUT2D eigenvalue weighted by molar-refractivity contribution is 8.00. The number of rotatable bonds is 6. The van der Waals surface area contributed by atoms with E-state index in [-0.39, 0.29) is 6.61 Å². The van der Waals surface area contributed by atoms with Gasteiger partial charge in [-0.15, -0.1) is 11.8 Å². The standard InChI is InChI=1S/C14H16N2OS/c1-2-3-13(6-7-17)18-14-5-4-11(9-15)12(8-14)10-16/h4-5,8,13,17H,2-3,6-7H2,1H3. The number of hydrogen-bond acceptors (Lipinski definition) is 4. The third kappa shape index (κ3) is 4.07. The number of hydrogen-bond donors (Lipinski definition) is 1. The molecule has 1 aromatic carbocycles. The van der Waals surface area contributed by atoms with Crippen LogP contribution in [0.1, 0.15) is 37.3 Å². The van der Waals surface area contributed by atoms with Gasteiger partial charge in [-0.1, -0.05) is 13.3 Å². The van der Waals surface area contributed by atoms with Crippen LogP contribution in [-0.2, 0) is 0 Å². The normalized spacial score (nSPS) is 11.6. The highest BCUT2D eigenvalue weighted by Crippen LogP contribution is 2.29. The average molecular weight is 260 g/mol. The Bertz CT molecular complexity index is 468. The predicted octanol–water partition coefficient (Wildman–Crippen LogP) is 3.07. The van der Waals surface area contributed by atoms with Gasteiger partial charge >= 0.3 is 0 Å². The van der Waals surface area contributed by atoms with Crippen molar-refractivity contribution in [3.8, 4) is 12.1 Å². The monoisotopic (exact) mass is 260 g/mol. The third-order valence-electron chi connectivity index (χ3n) is 2.60. The number of thioether (sulfide) groups is 1. The van der Waals surface area contributed by atoms with Crippen LogP contribution in [0.25, 0.3) is 0 Å². The maximum absolute atomic E-state index is 9.02. The summed E-state index contributed by atoms with van der Waals surface area (Å²) in [5, 5.41) is 27.2. The SMILES string of the molecule is CCCC(CCO)Sc1ccc(C#N)c(C#N)c1. The smallest absolute Gasteiger partial charge is 0.101 e. The summed E-state index contributed by atoms with van der Waals surface area (Å²) in [6.45, 7) is 2.30. The maximum Gasteiger partial charge on any atom is 0.101 e. The summed E-state index contributed by atoms with van der Waals surface area (Å²) < 4.78 is 0. The Morgan fingerprint density at radius 2 is 1.94 bits per heavy atom. The van der Waals surface area contributed by atoms with E-state index in [4.69, 9.17) is 15.6 Å². The Kier molecular flexibility index (Phi) is 6.28. The lowest BCUT2D eigenvalue weighted by Crippen LogP contribution is -2.04. The van der Waals surface area contributed by atoms with Crippen LogP contribution in [0, 0.1) is 22.7 Å². The first-order valence-corrected chi connectivity index (χ1v) is 6.84. The van der Waals surface area contributed by atoms with Gasteiger partial charge in [-0.3, -0.25) is 0 Å². The molecule has 94 valence electrons. The minimum absolute atomic E-state index is 0.180. The van der Waals surface area contributed by atoms with Crippen molar-refractivity contribution in [1.82, 2.24) is 0 Å². The van der Waals surface area contributed by atoms with Crippen LogP contribution >= 0.6 is 11.8 Å². The molecule has 1 N–H and O–H groups in total. The molecule has 0 heterocycles. The van der Waals surface area contributed by atoms with Gasteiger partial charge < -0.3 is 5.11 Å². The lowest BCUT2D eigenvalue weighted by atomic mass is 10.1. The Morgan fingerprint density at radius 3 is 2.50 bits per heavy atom. The second-order valence-corrected chi connectivity index (χ2v) is 5.35. The number of benzene rings is 1. The summed E-state index contributed by atoms with van der Waals surface area (Å²) in [6, 6.07) is 9.35. The molecule has 0 radical (unpaired) electrons. The molecule has 1 unspecified atom stereocenters. The number of aliphatic hydroxyl groups is 1. The quantitative estimate of drug-likeness (QED) is 0.798. The zero-order valence-corrected chi connectivity index (χ0v) is 11.2. The van der Waals surface area contributed by atoms with Crippen LogP contribution in [0.5, 0.6) is 0 Å². The fourth-order valence-electron chi connectivity index (χ4n) is 1.71. The first kappa shape index (κ1) is 14.6. The Hall–Kier alpha value is -1.49. The molecule has 1 atom stereocenters. The van der Waals surface area contributed by atoms with E-state index < -0.39 is 0 Å². The molecule has 18 heavy (non-hydrogen) atoms. The fraction of sp³-hybridized carbons (Fsp3) is 0.429. The molecule has 0 amide bonds. The van der Waals surface area contributed by atoms with Gasteiger partial charge in [0.1, 0.15) is 12.1 Å². The molecule has 1 aromatic rings. The van der Waals surface area contributed by atoms with Crippen LogP contribution in [0.2, 0.25) is 0 Å². The largest absolute Gasteiger partial charge is 0.396 e. The van der Waals surface area contributed by atoms with Crippen LogP contribution in [-0.4, -0.2) is 17.0 Å². The molecule has 4 heteroatoms. The van der Waals surface area contributed by atoms with E-state index in [9.17, 15) is 0 Å². The van der Waals surface area contributed by atoms with Crippen molar-refractivity contribution in [2.45, 2.75) is 36.3 Å². The fourth-order valence-corrected chi connectivity index (χ4v) is 3.00. The molecule has 0 spiro atoms. The maximum atomic E-state index is 9.02. The highest BCUT2D eigenvalue weighted by atomic mass is 32.2. The van der Waals surface area contributed by atoms with Gasteiger partial charge in [-0.2, -0.15) is 10.5 Å². The molecule has 0 aliphatic rings. The number of nitrogens with zero attached hydrogens (tertiary/aromatic N) is 2. The molecule has 0 aliphatic carbocycles. The lowest BCUT2D eigenvalue weighted by molar-refractivity contribution is 0.285. The second kappa shape index (κ2) is 7.76. The van der Waals surface area contributed by atoms with Gasteiger partial charge in [0, 0.05) is 16.8 Å². The molecule has 1 rings (SSSR count). The summed E-state index contributed by atoms with van der Waals surface area (Å²) >= 11 is 1.67. The molecular formula is C14H16N2OS. The Balaban J connectivity index is 2.84. The van der Waals surface area contributed by atoms with Crippen LogP contribution < -0.4 is 0 Å². The van der Waals surface area contributed by atoms with Gasteiger partial charge in [0.05, 0.1) is 11.1 Å². The summed E-state index contributed by atoms with van der Waals surface area (Å²) in [5.41, 5.74) is 0.831. The van der Waals surface area contributed by atoms with Crippen molar-refractivity contribution in [1.29, 1.82) is 10.5 Å². The molecule has 0 fully saturated rings. The lowest BCUT2D eigenvalue weighted by Gasteiger charge is -2.14. The first-order valence-electron chi connectivity index (χ1n) is 5.96. The van der Waals surface area contributed by atoms with Crippen molar-refractivity contribution in [2.24, 2.45) is 0 Å². The zero-order chi connectivity index (χ0) is 13.4. The molecule has 0 aliphatic heterocycles. The summed E-state index contributed by atoms with van der Waals surface area (Å²) in [6.07, 6.45) is 2.85. The minimum atomic E-state index is 0.180. The molecule has 0 bridgehead atoms. The number of aliphatic hydroxyl groups excluding tert-OH is 1. The van der Waals surface area contributed by atoms with Crippen LogP contribution in [0.15, 0.2) is 23.1 Å². The topological polar surface area (TPSA) is 67.8 Å². The summed E-state index contributed by atoms with van der Waals surface area (Å²) in [7, 11) is 0. The average Bonchev–Trinajstić information content (AvgIpc) is 2.39. The van der Waals surface area contributed by atoms with Gasteiger partial charge in [0.25, 0.3) is 0 Å². The second-order valence-electron chi connectivity index (χ2n) is 3.97. The van der Waals surface area contributed by atoms with E-state index >= 15 is 0 Å². The van der Waals surface area contributed by atoms with E-state index in [0.717, 1.165) is 24.2 Å². The van der Waals surface area contributed by atoms with E-state index in [2.05, 4.69) is 6.92 Å². The van der Waals surface area contributed by atoms with Gasteiger partial charge in [0.15, 0.2) is 0 Å². The van der Waals surface area contributed by atoms with Crippen LogP contribution in [0.3, 0.4) is 0 Å². The summed E-state index contributed by atoms with van der Waals surface area (Å²) in [5.74, 6) is 0. The summed E-state index contributed by atoms with van der Waals surface area (Å²) in [4.78, 5) is 0.984. The molecule has 0 saturated carbocycles. The molecule has 0 aromatic heterocycles.